The van der Waals surface area contributed by atoms with Crippen molar-refractivity contribution in [2.75, 3.05) is 44.2 Å². The number of hydrogen-bond acceptors (Lipinski definition) is 3. The van der Waals surface area contributed by atoms with Crippen molar-refractivity contribution in [3.05, 3.63) is 29.8 Å². The van der Waals surface area contributed by atoms with Crippen LogP contribution in [0.15, 0.2) is 23.2 Å². The van der Waals surface area contributed by atoms with E-state index in [1.807, 2.05) is 11.8 Å². The van der Waals surface area contributed by atoms with Crippen LogP contribution >= 0.6 is 0 Å². The average Bonchev–Trinajstić information content (AvgIpc) is 3.50. The van der Waals surface area contributed by atoms with Gasteiger partial charge < -0.3 is 20.4 Å². The number of nitrogens with zero attached hydrogens (tertiary/aromatic N) is 3. The zero-order chi connectivity index (χ0) is 19.9. The molecule has 1 saturated carbocycles. The lowest BCUT2D eigenvalue weighted by atomic mass is 10.2. The van der Waals surface area contributed by atoms with Crippen molar-refractivity contribution in [3.8, 4) is 0 Å². The molecule has 1 saturated heterocycles. The molecule has 154 valence electrons. The molecule has 0 aromatic heterocycles. The second kappa shape index (κ2) is 9.71. The molecule has 0 spiro atoms. The van der Waals surface area contributed by atoms with Gasteiger partial charge in [0.15, 0.2) is 5.96 Å². The van der Waals surface area contributed by atoms with Gasteiger partial charge in [0.1, 0.15) is 11.6 Å². The summed E-state index contributed by atoms with van der Waals surface area (Å²) in [6.07, 6.45) is 3.40. The number of aliphatic imine (C=N–C) groups is 1. The van der Waals surface area contributed by atoms with Crippen LogP contribution in [0.4, 0.5) is 14.5 Å². The van der Waals surface area contributed by atoms with Crippen molar-refractivity contribution in [3.63, 3.8) is 0 Å². The van der Waals surface area contributed by atoms with Crippen molar-refractivity contribution in [1.82, 2.24) is 15.5 Å². The van der Waals surface area contributed by atoms with E-state index in [9.17, 15) is 13.6 Å². The summed E-state index contributed by atoms with van der Waals surface area (Å²) in [5, 5.41) is 6.26. The first kappa shape index (κ1) is 20.4. The van der Waals surface area contributed by atoms with Crippen LogP contribution in [-0.2, 0) is 4.79 Å². The summed E-state index contributed by atoms with van der Waals surface area (Å²) < 4.78 is 27.4. The minimum Gasteiger partial charge on any atom is -0.366 e. The maximum atomic E-state index is 14.0. The van der Waals surface area contributed by atoms with Crippen molar-refractivity contribution in [1.29, 1.82) is 0 Å². The molecule has 1 amide bonds. The fourth-order valence-corrected chi connectivity index (χ4v) is 3.27. The molecule has 2 fully saturated rings. The van der Waals surface area contributed by atoms with Crippen LogP contribution in [0.25, 0.3) is 0 Å². The molecule has 6 nitrogen and oxygen atoms in total. The Bertz CT molecular complexity index is 700. The second-order valence-corrected chi connectivity index (χ2v) is 7.25. The van der Waals surface area contributed by atoms with Gasteiger partial charge in [-0.1, -0.05) is 0 Å². The van der Waals surface area contributed by atoms with Crippen LogP contribution in [-0.4, -0.2) is 62.1 Å². The van der Waals surface area contributed by atoms with Gasteiger partial charge in [0, 0.05) is 57.8 Å². The van der Waals surface area contributed by atoms with Gasteiger partial charge in [-0.15, -0.1) is 0 Å². The molecule has 2 N–H and O–H groups in total. The molecular formula is C20H29F2N5O. The SMILES string of the molecule is CCNC(=NCCCC(=O)NC1CC1)N1CCN(c2cc(F)ccc2F)CC1. The number of carbonyl (C=O) groups excluding carboxylic acids is 1. The maximum Gasteiger partial charge on any atom is 0.220 e. The zero-order valence-corrected chi connectivity index (χ0v) is 16.4. The van der Waals surface area contributed by atoms with E-state index in [2.05, 4.69) is 20.5 Å². The highest BCUT2D eigenvalue weighted by Crippen LogP contribution is 2.22. The van der Waals surface area contributed by atoms with Gasteiger partial charge in [-0.2, -0.15) is 0 Å². The van der Waals surface area contributed by atoms with Crippen molar-refractivity contribution in [2.24, 2.45) is 4.99 Å². The summed E-state index contributed by atoms with van der Waals surface area (Å²) in [6.45, 7) is 5.87. The smallest absolute Gasteiger partial charge is 0.220 e. The lowest BCUT2D eigenvalue weighted by molar-refractivity contribution is -0.121. The molecule has 1 aliphatic heterocycles. The van der Waals surface area contributed by atoms with Crippen LogP contribution < -0.4 is 15.5 Å². The predicted octanol–water partition coefficient (Wildman–Crippen LogP) is 2.11. The fourth-order valence-electron chi connectivity index (χ4n) is 3.27. The summed E-state index contributed by atoms with van der Waals surface area (Å²) in [5.41, 5.74) is 0.309. The normalized spacial score (nSPS) is 17.6. The third-order valence-electron chi connectivity index (χ3n) is 4.93. The number of nitrogens with one attached hydrogen (secondary N) is 2. The number of halogens is 2. The van der Waals surface area contributed by atoms with E-state index in [1.54, 1.807) is 0 Å². The van der Waals surface area contributed by atoms with Gasteiger partial charge in [-0.3, -0.25) is 9.79 Å². The zero-order valence-electron chi connectivity index (χ0n) is 16.4. The lowest BCUT2D eigenvalue weighted by Crippen LogP contribution is -2.52. The van der Waals surface area contributed by atoms with Gasteiger partial charge in [-0.25, -0.2) is 8.78 Å². The number of rotatable bonds is 7. The number of anilines is 1. The van der Waals surface area contributed by atoms with Crippen LogP contribution in [0.5, 0.6) is 0 Å². The van der Waals surface area contributed by atoms with Crippen LogP contribution in [0.2, 0.25) is 0 Å². The first-order valence-electron chi connectivity index (χ1n) is 10.1. The molecule has 1 aromatic rings. The molecule has 1 aromatic carbocycles. The minimum atomic E-state index is -0.431. The summed E-state index contributed by atoms with van der Waals surface area (Å²) in [4.78, 5) is 20.4. The van der Waals surface area contributed by atoms with Crippen LogP contribution in [0.3, 0.4) is 0 Å². The van der Waals surface area contributed by atoms with Gasteiger partial charge in [0.25, 0.3) is 0 Å². The quantitative estimate of drug-likeness (QED) is 0.423. The second-order valence-electron chi connectivity index (χ2n) is 7.25. The Kier molecular flexibility index (Phi) is 7.06. The Morgan fingerprint density at radius 2 is 1.96 bits per heavy atom. The average molecular weight is 393 g/mol. The van der Waals surface area contributed by atoms with E-state index in [0.717, 1.165) is 31.4 Å². The Labute approximate surface area is 165 Å². The van der Waals surface area contributed by atoms with Crippen molar-refractivity contribution >= 4 is 17.6 Å². The number of carbonyl (C=O) groups is 1. The monoisotopic (exact) mass is 393 g/mol. The molecule has 0 radical (unpaired) electrons. The van der Waals surface area contributed by atoms with Gasteiger partial charge in [0.05, 0.1) is 5.69 Å². The van der Waals surface area contributed by atoms with E-state index in [1.165, 1.54) is 12.1 Å². The van der Waals surface area contributed by atoms with E-state index in [0.29, 0.717) is 57.3 Å². The van der Waals surface area contributed by atoms with Gasteiger partial charge in [0.2, 0.25) is 5.91 Å². The number of benzene rings is 1. The Morgan fingerprint density at radius 1 is 1.21 bits per heavy atom. The Hall–Kier alpha value is -2.38. The number of piperazine rings is 1. The highest BCUT2D eigenvalue weighted by atomic mass is 19.1. The van der Waals surface area contributed by atoms with E-state index in [-0.39, 0.29) is 5.91 Å². The molecule has 1 heterocycles. The van der Waals surface area contributed by atoms with Crippen LogP contribution in [0, 0.1) is 11.6 Å². The van der Waals surface area contributed by atoms with Gasteiger partial charge >= 0.3 is 0 Å². The molecule has 0 bridgehead atoms. The lowest BCUT2D eigenvalue weighted by Gasteiger charge is -2.37. The third-order valence-corrected chi connectivity index (χ3v) is 4.93. The largest absolute Gasteiger partial charge is 0.366 e. The molecular weight excluding hydrogens is 364 g/mol. The highest BCUT2D eigenvalue weighted by molar-refractivity contribution is 5.80. The summed E-state index contributed by atoms with van der Waals surface area (Å²) in [6, 6.07) is 3.95. The summed E-state index contributed by atoms with van der Waals surface area (Å²) in [7, 11) is 0. The fraction of sp³-hybridized carbons (Fsp3) is 0.600. The molecule has 2 aliphatic rings. The summed E-state index contributed by atoms with van der Waals surface area (Å²) >= 11 is 0. The Balaban J connectivity index is 1.49. The van der Waals surface area contributed by atoms with Gasteiger partial charge in [-0.05, 0) is 38.3 Å². The first-order chi connectivity index (χ1) is 13.6. The molecule has 0 unspecified atom stereocenters. The number of hydrogen-bond donors (Lipinski definition) is 2. The standard InChI is InChI=1S/C20H29F2N5O/c1-2-23-20(24-9-3-4-19(28)25-16-6-7-16)27-12-10-26(11-13-27)18-14-15(21)5-8-17(18)22/h5,8,14,16H,2-4,6-7,9-13H2,1H3,(H,23,24)(H,25,28). The molecule has 3 rings (SSSR count). The van der Waals surface area contributed by atoms with E-state index < -0.39 is 11.6 Å². The summed E-state index contributed by atoms with van der Waals surface area (Å²) in [5.74, 6) is 0.0808. The molecule has 0 atom stereocenters. The molecule has 28 heavy (non-hydrogen) atoms. The van der Waals surface area contributed by atoms with E-state index in [4.69, 9.17) is 0 Å². The predicted molar refractivity (Wildman–Crippen MR) is 107 cm³/mol. The molecule has 8 heteroatoms. The number of amides is 1. The van der Waals surface area contributed by atoms with E-state index >= 15 is 0 Å². The highest BCUT2D eigenvalue weighted by Gasteiger charge is 2.23. The first-order valence-corrected chi connectivity index (χ1v) is 10.1. The topological polar surface area (TPSA) is 60.0 Å². The maximum absolute atomic E-state index is 14.0. The van der Waals surface area contributed by atoms with Crippen molar-refractivity contribution < 1.29 is 13.6 Å². The third kappa shape index (κ3) is 5.81. The molecule has 1 aliphatic carbocycles. The van der Waals surface area contributed by atoms with Crippen molar-refractivity contribution in [2.45, 2.75) is 38.6 Å². The number of guanidine groups is 1. The Morgan fingerprint density at radius 3 is 2.64 bits per heavy atom. The minimum absolute atomic E-state index is 0.105. The van der Waals surface area contributed by atoms with Crippen LogP contribution in [0.1, 0.15) is 32.6 Å².